The molecule has 0 radical (unpaired) electrons. The van der Waals surface area contributed by atoms with Gasteiger partial charge in [0.05, 0.1) is 5.75 Å². The Morgan fingerprint density at radius 2 is 1.84 bits per heavy atom. The molecule has 114 valence electrons. The molecule has 1 aliphatic rings. The van der Waals surface area contributed by atoms with Gasteiger partial charge in [-0.05, 0) is 37.6 Å². The number of rotatable bonds is 4. The van der Waals surface area contributed by atoms with Crippen molar-refractivity contribution in [2.24, 2.45) is 17.1 Å². The van der Waals surface area contributed by atoms with E-state index in [2.05, 4.69) is 25.7 Å². The van der Waals surface area contributed by atoms with Gasteiger partial charge in [-0.25, -0.2) is 8.42 Å². The van der Waals surface area contributed by atoms with Crippen LogP contribution in [0.2, 0.25) is 0 Å². The molecule has 0 spiro atoms. The van der Waals surface area contributed by atoms with E-state index in [-0.39, 0.29) is 11.8 Å². The molecule has 0 saturated heterocycles. The average Bonchev–Trinajstić information content (AvgIpc) is 2.24. The first-order valence-electron chi connectivity index (χ1n) is 7.14. The van der Waals surface area contributed by atoms with Crippen molar-refractivity contribution in [2.45, 2.75) is 52.1 Å². The molecule has 3 unspecified atom stereocenters. The lowest BCUT2D eigenvalue weighted by Crippen LogP contribution is -2.52. The van der Waals surface area contributed by atoms with Crippen molar-refractivity contribution < 1.29 is 8.42 Å². The highest BCUT2D eigenvalue weighted by atomic mass is 32.2. The molecule has 2 N–H and O–H groups in total. The second-order valence-corrected chi connectivity index (χ2v) is 9.48. The first-order valence-corrected chi connectivity index (χ1v) is 9.20. The Morgan fingerprint density at radius 1 is 1.26 bits per heavy atom. The summed E-state index contributed by atoms with van der Waals surface area (Å²) in [7, 11) is -0.899. The lowest BCUT2D eigenvalue weighted by atomic mass is 9.69. The number of nitrogens with zero attached hydrogens (tertiary/aromatic N) is 1. The largest absolute Gasteiger partial charge is 0.326 e. The van der Waals surface area contributed by atoms with Crippen LogP contribution < -0.4 is 5.73 Å². The van der Waals surface area contributed by atoms with Crippen molar-refractivity contribution in [1.29, 1.82) is 0 Å². The zero-order valence-corrected chi connectivity index (χ0v) is 13.8. The van der Waals surface area contributed by atoms with Gasteiger partial charge in [0, 0.05) is 24.9 Å². The molecule has 1 saturated carbocycles. The van der Waals surface area contributed by atoms with Gasteiger partial charge in [0.2, 0.25) is 0 Å². The molecule has 0 bridgehead atoms. The smallest absolute Gasteiger partial charge is 0.148 e. The molecule has 0 aromatic rings. The zero-order chi connectivity index (χ0) is 14.8. The van der Waals surface area contributed by atoms with Gasteiger partial charge in [-0.2, -0.15) is 0 Å². The van der Waals surface area contributed by atoms with Gasteiger partial charge in [-0.1, -0.05) is 20.8 Å². The van der Waals surface area contributed by atoms with E-state index in [4.69, 9.17) is 5.73 Å². The summed E-state index contributed by atoms with van der Waals surface area (Å²) in [6.45, 7) is 7.42. The summed E-state index contributed by atoms with van der Waals surface area (Å²) in [5.41, 5.74) is 6.54. The molecule has 0 aromatic carbocycles. The summed E-state index contributed by atoms with van der Waals surface area (Å²) < 4.78 is 22.5. The third-order valence-corrected chi connectivity index (χ3v) is 5.40. The monoisotopic (exact) mass is 290 g/mol. The molecule has 3 atom stereocenters. The van der Waals surface area contributed by atoms with Crippen LogP contribution in [0.1, 0.15) is 40.0 Å². The fourth-order valence-corrected chi connectivity index (χ4v) is 3.56. The van der Waals surface area contributed by atoms with E-state index in [9.17, 15) is 8.42 Å². The lowest BCUT2D eigenvalue weighted by Gasteiger charge is -2.44. The molecule has 0 heterocycles. The van der Waals surface area contributed by atoms with Gasteiger partial charge >= 0.3 is 0 Å². The second-order valence-electron chi connectivity index (χ2n) is 7.22. The maximum Gasteiger partial charge on any atom is 0.148 e. The molecule has 1 aliphatic carbocycles. The van der Waals surface area contributed by atoms with E-state index in [1.54, 1.807) is 0 Å². The highest BCUT2D eigenvalue weighted by molar-refractivity contribution is 7.90. The Bertz CT molecular complexity index is 387. The zero-order valence-electron chi connectivity index (χ0n) is 13.0. The van der Waals surface area contributed by atoms with Crippen molar-refractivity contribution in [1.82, 2.24) is 4.90 Å². The van der Waals surface area contributed by atoms with Crippen LogP contribution >= 0.6 is 0 Å². The summed E-state index contributed by atoms with van der Waals surface area (Å²) in [6.07, 6.45) is 4.58. The third-order valence-electron chi connectivity index (χ3n) is 4.47. The fraction of sp³-hybridized carbons (Fsp3) is 1.00. The van der Waals surface area contributed by atoms with Crippen molar-refractivity contribution >= 4 is 9.84 Å². The molecule has 1 fully saturated rings. The molecule has 5 heteroatoms. The van der Waals surface area contributed by atoms with E-state index in [0.717, 1.165) is 12.8 Å². The number of hydrogen-bond donors (Lipinski definition) is 1. The summed E-state index contributed by atoms with van der Waals surface area (Å²) >= 11 is 0. The van der Waals surface area contributed by atoms with Crippen LogP contribution in [0.5, 0.6) is 0 Å². The van der Waals surface area contributed by atoms with E-state index in [1.165, 1.54) is 12.7 Å². The van der Waals surface area contributed by atoms with Gasteiger partial charge in [0.1, 0.15) is 9.84 Å². The second kappa shape index (κ2) is 6.10. The first kappa shape index (κ1) is 16.9. The third kappa shape index (κ3) is 5.40. The van der Waals surface area contributed by atoms with Crippen molar-refractivity contribution in [3.63, 3.8) is 0 Å². The van der Waals surface area contributed by atoms with E-state index >= 15 is 0 Å². The van der Waals surface area contributed by atoms with Gasteiger partial charge in [0.25, 0.3) is 0 Å². The maximum absolute atomic E-state index is 11.3. The normalized spacial score (nSPS) is 29.7. The van der Waals surface area contributed by atoms with Crippen LogP contribution in [0.3, 0.4) is 0 Å². The van der Waals surface area contributed by atoms with Gasteiger partial charge in [0.15, 0.2) is 0 Å². The quantitative estimate of drug-likeness (QED) is 0.852. The topological polar surface area (TPSA) is 63.4 Å². The summed E-state index contributed by atoms with van der Waals surface area (Å²) in [5, 5.41) is 0. The molecule has 4 nitrogen and oxygen atoms in total. The SMILES string of the molecule is CN(CCS(C)(=O)=O)C1CC(C(C)(C)C)CCC1N. The van der Waals surface area contributed by atoms with Crippen LogP contribution in [-0.2, 0) is 9.84 Å². The molecule has 0 amide bonds. The Hall–Kier alpha value is -0.130. The molecule has 19 heavy (non-hydrogen) atoms. The Balaban J connectivity index is 2.63. The summed E-state index contributed by atoms with van der Waals surface area (Å²) in [5.74, 6) is 0.880. The van der Waals surface area contributed by atoms with Crippen molar-refractivity contribution in [3.05, 3.63) is 0 Å². The van der Waals surface area contributed by atoms with Crippen LogP contribution in [0, 0.1) is 11.3 Å². The highest BCUT2D eigenvalue weighted by Crippen LogP contribution is 2.38. The molecular formula is C14H30N2O2S. The standard InChI is InChI=1S/C14H30N2O2S/c1-14(2,3)11-6-7-12(15)13(10-11)16(4)8-9-19(5,17)18/h11-13H,6-10,15H2,1-5H3. The Labute approximate surface area is 118 Å². The molecule has 0 aromatic heterocycles. The van der Waals surface area contributed by atoms with Gasteiger partial charge in [-0.15, -0.1) is 0 Å². The highest BCUT2D eigenvalue weighted by Gasteiger charge is 2.36. The number of likely N-dealkylation sites (N-methyl/N-ethyl adjacent to an activating group) is 1. The van der Waals surface area contributed by atoms with Crippen LogP contribution in [0.4, 0.5) is 0 Å². The Kier molecular flexibility index (Phi) is 5.43. The van der Waals surface area contributed by atoms with Crippen LogP contribution in [0.25, 0.3) is 0 Å². The van der Waals surface area contributed by atoms with Crippen molar-refractivity contribution in [2.75, 3.05) is 25.6 Å². The van der Waals surface area contributed by atoms with Gasteiger partial charge < -0.3 is 10.6 Å². The predicted octanol–water partition coefficient (Wildman–Crippen LogP) is 1.50. The maximum atomic E-state index is 11.3. The average molecular weight is 290 g/mol. The fourth-order valence-electron chi connectivity index (χ4n) is 2.94. The van der Waals surface area contributed by atoms with Crippen LogP contribution in [-0.4, -0.2) is 51.0 Å². The molecular weight excluding hydrogens is 260 g/mol. The first-order chi connectivity index (χ1) is 8.50. The molecule has 1 rings (SSSR count). The number of hydrogen-bond acceptors (Lipinski definition) is 4. The summed E-state index contributed by atoms with van der Waals surface area (Å²) in [4.78, 5) is 2.14. The lowest BCUT2D eigenvalue weighted by molar-refractivity contribution is 0.0874. The van der Waals surface area contributed by atoms with Crippen molar-refractivity contribution in [3.8, 4) is 0 Å². The minimum Gasteiger partial charge on any atom is -0.326 e. The minimum absolute atomic E-state index is 0.170. The minimum atomic E-state index is -2.90. The molecule has 0 aliphatic heterocycles. The van der Waals surface area contributed by atoms with Crippen LogP contribution in [0.15, 0.2) is 0 Å². The van der Waals surface area contributed by atoms with E-state index < -0.39 is 9.84 Å². The van der Waals surface area contributed by atoms with Gasteiger partial charge in [-0.3, -0.25) is 0 Å². The predicted molar refractivity (Wildman–Crippen MR) is 80.9 cm³/mol. The Morgan fingerprint density at radius 3 is 2.32 bits per heavy atom. The van der Waals surface area contributed by atoms with E-state index in [0.29, 0.717) is 23.9 Å². The summed E-state index contributed by atoms with van der Waals surface area (Å²) in [6, 6.07) is 0.475. The number of nitrogens with two attached hydrogens (primary N) is 1. The number of sulfone groups is 1. The van der Waals surface area contributed by atoms with E-state index in [1.807, 2.05) is 7.05 Å².